The van der Waals surface area contributed by atoms with Crippen molar-refractivity contribution in [2.24, 2.45) is 0 Å². The molecule has 2 aliphatic heterocycles. The van der Waals surface area contributed by atoms with Crippen LogP contribution in [0, 0.1) is 0 Å². The average molecular weight is 476 g/mol. The lowest BCUT2D eigenvalue weighted by Crippen LogP contribution is -2.41. The Hall–Kier alpha value is -2.60. The summed E-state index contributed by atoms with van der Waals surface area (Å²) in [4.78, 5) is 29.7. The molecule has 2 N–H and O–H groups in total. The summed E-state index contributed by atoms with van der Waals surface area (Å²) >= 11 is 0. The number of aromatic nitrogens is 2. The quantitative estimate of drug-likeness (QED) is 0.549. The number of ether oxygens (including phenoxy) is 1. The van der Waals surface area contributed by atoms with Gasteiger partial charge in [0.2, 0.25) is 15.9 Å². The topological polar surface area (TPSA) is 123 Å². The number of hydrogen-bond donors (Lipinski definition) is 2. The van der Waals surface area contributed by atoms with E-state index in [0.717, 1.165) is 17.8 Å². The second-order valence-corrected chi connectivity index (χ2v) is 10.1. The van der Waals surface area contributed by atoms with Crippen LogP contribution < -0.4 is 16.2 Å². The predicted octanol–water partition coefficient (Wildman–Crippen LogP) is -0.590. The van der Waals surface area contributed by atoms with Gasteiger partial charge in [-0.3, -0.25) is 14.2 Å². The zero-order chi connectivity index (χ0) is 23.3. The van der Waals surface area contributed by atoms with E-state index in [-0.39, 0.29) is 30.3 Å². The smallest absolute Gasteiger partial charge is 0.257 e. The number of benzene rings is 1. The van der Waals surface area contributed by atoms with Crippen LogP contribution in [0.25, 0.3) is 0 Å². The molecule has 2 aliphatic rings. The van der Waals surface area contributed by atoms with Crippen molar-refractivity contribution in [2.45, 2.75) is 31.7 Å². The molecule has 0 radical (unpaired) electrons. The van der Waals surface area contributed by atoms with Crippen LogP contribution in [0.3, 0.4) is 0 Å². The summed E-state index contributed by atoms with van der Waals surface area (Å²) in [5.41, 5.74) is 2.63. The van der Waals surface area contributed by atoms with Crippen LogP contribution in [-0.4, -0.2) is 67.6 Å². The lowest BCUT2D eigenvalue weighted by atomic mass is 10.1. The molecule has 33 heavy (non-hydrogen) atoms. The van der Waals surface area contributed by atoms with E-state index in [1.165, 1.54) is 15.2 Å². The summed E-state index contributed by atoms with van der Waals surface area (Å²) in [5, 5.41) is 6.05. The van der Waals surface area contributed by atoms with Gasteiger partial charge in [0.05, 0.1) is 31.0 Å². The Bertz CT molecular complexity index is 1160. The molecule has 0 unspecified atom stereocenters. The van der Waals surface area contributed by atoms with Gasteiger partial charge in [-0.05, 0) is 24.1 Å². The minimum absolute atomic E-state index is 0.138. The van der Waals surface area contributed by atoms with Gasteiger partial charge in [-0.1, -0.05) is 24.3 Å². The second kappa shape index (κ2) is 10.6. The summed E-state index contributed by atoms with van der Waals surface area (Å²) < 4.78 is 33.6. The van der Waals surface area contributed by atoms with Crippen LogP contribution in [-0.2, 0) is 51.2 Å². The third kappa shape index (κ3) is 5.85. The number of nitrogens with zero attached hydrogens (tertiary/aromatic N) is 3. The summed E-state index contributed by atoms with van der Waals surface area (Å²) in [6.07, 6.45) is 2.71. The Morgan fingerprint density at radius 3 is 2.64 bits per heavy atom. The van der Waals surface area contributed by atoms with Gasteiger partial charge in [0.15, 0.2) is 0 Å². The second-order valence-electron chi connectivity index (χ2n) is 8.17. The number of carbonyl (C=O) groups is 1. The number of hydrogen-bond acceptors (Lipinski definition) is 7. The van der Waals surface area contributed by atoms with Gasteiger partial charge in [-0.25, -0.2) is 13.4 Å². The van der Waals surface area contributed by atoms with Crippen LogP contribution in [0.1, 0.15) is 22.4 Å². The van der Waals surface area contributed by atoms with Crippen molar-refractivity contribution >= 4 is 15.9 Å². The van der Waals surface area contributed by atoms with E-state index in [2.05, 4.69) is 15.6 Å². The number of carbonyl (C=O) groups excluding carboxylic acids is 1. The van der Waals surface area contributed by atoms with Gasteiger partial charge in [-0.2, -0.15) is 4.31 Å². The lowest BCUT2D eigenvalue weighted by Gasteiger charge is -2.26. The minimum atomic E-state index is -3.48. The first kappa shape index (κ1) is 23.6. The molecule has 0 atom stereocenters. The normalized spacial score (nSPS) is 17.2. The molecular weight excluding hydrogens is 446 g/mol. The highest BCUT2D eigenvalue weighted by molar-refractivity contribution is 7.88. The molecule has 11 heteroatoms. The number of rotatable bonds is 7. The fraction of sp³-hybridized carbons (Fsp3) is 0.500. The molecule has 178 valence electrons. The predicted molar refractivity (Wildman–Crippen MR) is 122 cm³/mol. The molecular formula is C22H29N5O5S. The SMILES string of the molecule is O=C(Cn1cnc2c(c1=O)CCNCC2)NCc1ccccc1CS(=O)(=O)N1CCOCC1. The van der Waals surface area contributed by atoms with Crippen molar-refractivity contribution in [1.82, 2.24) is 24.5 Å². The monoisotopic (exact) mass is 475 g/mol. The fourth-order valence-corrected chi connectivity index (χ4v) is 5.64. The largest absolute Gasteiger partial charge is 0.379 e. The zero-order valence-electron chi connectivity index (χ0n) is 18.5. The maximum Gasteiger partial charge on any atom is 0.257 e. The Morgan fingerprint density at radius 1 is 1.12 bits per heavy atom. The summed E-state index contributed by atoms with van der Waals surface area (Å²) in [7, 11) is -3.48. The van der Waals surface area contributed by atoms with Crippen LogP contribution in [0.2, 0.25) is 0 Å². The number of fused-ring (bicyclic) bond motifs is 1. The van der Waals surface area contributed by atoms with E-state index in [9.17, 15) is 18.0 Å². The number of sulfonamides is 1. The Morgan fingerprint density at radius 2 is 1.85 bits per heavy atom. The first-order valence-corrected chi connectivity index (χ1v) is 12.7. The maximum absolute atomic E-state index is 12.8. The van der Waals surface area contributed by atoms with Gasteiger partial charge < -0.3 is 15.4 Å². The van der Waals surface area contributed by atoms with Crippen molar-refractivity contribution in [3.63, 3.8) is 0 Å². The van der Waals surface area contributed by atoms with Crippen molar-refractivity contribution in [1.29, 1.82) is 0 Å². The fourth-order valence-electron chi connectivity index (χ4n) is 4.08. The van der Waals surface area contributed by atoms with Crippen LogP contribution in [0.4, 0.5) is 0 Å². The van der Waals surface area contributed by atoms with E-state index in [1.807, 2.05) is 0 Å². The molecule has 0 bridgehead atoms. The zero-order valence-corrected chi connectivity index (χ0v) is 19.3. The van der Waals surface area contributed by atoms with Crippen LogP contribution in [0.15, 0.2) is 35.4 Å². The van der Waals surface area contributed by atoms with Crippen LogP contribution in [0.5, 0.6) is 0 Å². The first-order valence-electron chi connectivity index (χ1n) is 11.1. The van der Waals surface area contributed by atoms with Crippen LogP contribution >= 0.6 is 0 Å². The van der Waals surface area contributed by atoms with Gasteiger partial charge in [0.1, 0.15) is 6.54 Å². The summed E-state index contributed by atoms with van der Waals surface area (Å²) in [6, 6.07) is 7.15. The molecule has 1 saturated heterocycles. The third-order valence-electron chi connectivity index (χ3n) is 5.92. The van der Waals surface area contributed by atoms with Gasteiger partial charge >= 0.3 is 0 Å². The van der Waals surface area contributed by atoms with Gasteiger partial charge in [0.25, 0.3) is 5.56 Å². The Kier molecular flexibility index (Phi) is 7.53. The molecule has 1 aromatic heterocycles. The van der Waals surface area contributed by atoms with E-state index in [1.54, 1.807) is 24.3 Å². The standard InChI is InChI=1S/C22H29N5O5S/c28-21(14-26-16-25-20-6-8-23-7-5-19(20)22(26)29)24-13-17-3-1-2-4-18(17)15-33(30,31)27-9-11-32-12-10-27/h1-4,16,23H,5-15H2,(H,24,28). The molecule has 1 aromatic carbocycles. The van der Waals surface area contributed by atoms with Crippen molar-refractivity contribution in [3.8, 4) is 0 Å². The van der Waals surface area contributed by atoms with E-state index >= 15 is 0 Å². The number of amides is 1. The van der Waals surface area contributed by atoms with E-state index in [4.69, 9.17) is 4.74 Å². The van der Waals surface area contributed by atoms with Crippen molar-refractivity contribution in [3.05, 3.63) is 63.3 Å². The molecule has 4 rings (SSSR count). The van der Waals surface area contributed by atoms with Crippen molar-refractivity contribution in [2.75, 3.05) is 39.4 Å². The summed E-state index contributed by atoms with van der Waals surface area (Å²) in [5.74, 6) is -0.474. The maximum atomic E-state index is 12.8. The third-order valence-corrected chi connectivity index (χ3v) is 7.75. The van der Waals surface area contributed by atoms with Crippen molar-refractivity contribution < 1.29 is 17.9 Å². The van der Waals surface area contributed by atoms with Gasteiger partial charge in [0, 0.05) is 38.2 Å². The Balaban J connectivity index is 1.40. The molecule has 1 fully saturated rings. The minimum Gasteiger partial charge on any atom is -0.379 e. The van der Waals surface area contributed by atoms with E-state index < -0.39 is 10.0 Å². The molecule has 2 aromatic rings. The average Bonchev–Trinajstić information content (AvgIpc) is 3.07. The highest BCUT2D eigenvalue weighted by atomic mass is 32.2. The van der Waals surface area contributed by atoms with Gasteiger partial charge in [-0.15, -0.1) is 0 Å². The molecule has 10 nitrogen and oxygen atoms in total. The molecule has 0 aliphatic carbocycles. The lowest BCUT2D eigenvalue weighted by molar-refractivity contribution is -0.121. The molecule has 3 heterocycles. The first-order chi connectivity index (χ1) is 15.9. The molecule has 1 amide bonds. The molecule has 0 spiro atoms. The number of morpholine rings is 1. The summed E-state index contributed by atoms with van der Waals surface area (Å²) in [6.45, 7) is 3.01. The Labute approximate surface area is 193 Å². The number of nitrogens with one attached hydrogen (secondary N) is 2. The van der Waals surface area contributed by atoms with E-state index in [0.29, 0.717) is 56.8 Å². The molecule has 0 saturated carbocycles. The highest BCUT2D eigenvalue weighted by Crippen LogP contribution is 2.16. The highest BCUT2D eigenvalue weighted by Gasteiger charge is 2.25.